The van der Waals surface area contributed by atoms with Gasteiger partial charge in [0.1, 0.15) is 12.3 Å². The van der Waals surface area contributed by atoms with Crippen molar-refractivity contribution >= 4 is 41.3 Å². The van der Waals surface area contributed by atoms with Gasteiger partial charge in [0, 0.05) is 29.7 Å². The van der Waals surface area contributed by atoms with Gasteiger partial charge in [-0.3, -0.25) is 14.4 Å². The fourth-order valence-electron chi connectivity index (χ4n) is 5.28. The van der Waals surface area contributed by atoms with Gasteiger partial charge < -0.3 is 25.6 Å². The summed E-state index contributed by atoms with van der Waals surface area (Å²) in [5.74, 6) is -0.530. The summed E-state index contributed by atoms with van der Waals surface area (Å²) in [6, 6.07) is 5.69. The van der Waals surface area contributed by atoms with Crippen LogP contribution in [0.5, 0.6) is 0 Å². The van der Waals surface area contributed by atoms with E-state index in [9.17, 15) is 19.2 Å². The minimum absolute atomic E-state index is 0.0234. The molecule has 2 saturated heterocycles. The molecule has 2 aliphatic heterocycles. The number of likely N-dealkylation sites (tertiary alicyclic amines) is 1. The van der Waals surface area contributed by atoms with Crippen LogP contribution in [0.15, 0.2) is 24.3 Å². The number of hydrogen-bond donors (Lipinski definition) is 3. The molecule has 0 bridgehead atoms. The predicted octanol–water partition coefficient (Wildman–Crippen LogP) is 1.44. The maximum Gasteiger partial charge on any atom is 0.243 e. The molecule has 3 amide bonds. The Morgan fingerprint density at radius 3 is 2.66 bits per heavy atom. The highest BCUT2D eigenvalue weighted by atomic mass is 35.5. The molecule has 172 valence electrons. The Morgan fingerprint density at radius 2 is 2.03 bits per heavy atom. The number of halogens is 1. The Balaban J connectivity index is 1.41. The van der Waals surface area contributed by atoms with Crippen LogP contribution in [0.25, 0.3) is 0 Å². The van der Waals surface area contributed by atoms with E-state index in [0.29, 0.717) is 30.8 Å². The van der Waals surface area contributed by atoms with E-state index in [-0.39, 0.29) is 53.9 Å². The zero-order chi connectivity index (χ0) is 23.0. The van der Waals surface area contributed by atoms with Crippen LogP contribution < -0.4 is 16.0 Å². The summed E-state index contributed by atoms with van der Waals surface area (Å²) in [4.78, 5) is 51.3. The number of carbonyl (C=O) groups excluding carboxylic acids is 4. The van der Waals surface area contributed by atoms with Crippen molar-refractivity contribution < 1.29 is 19.2 Å². The van der Waals surface area contributed by atoms with Crippen LogP contribution in [0.3, 0.4) is 0 Å². The number of benzene rings is 1. The Kier molecular flexibility index (Phi) is 6.16. The van der Waals surface area contributed by atoms with Gasteiger partial charge in [0.05, 0.1) is 12.6 Å². The lowest BCUT2D eigenvalue weighted by Crippen LogP contribution is -2.53. The first-order chi connectivity index (χ1) is 15.2. The zero-order valence-corrected chi connectivity index (χ0v) is 19.0. The van der Waals surface area contributed by atoms with Crippen molar-refractivity contribution in [3.63, 3.8) is 0 Å². The van der Waals surface area contributed by atoms with Gasteiger partial charge in [-0.1, -0.05) is 25.4 Å². The normalized spacial score (nSPS) is 28.5. The van der Waals surface area contributed by atoms with Crippen LogP contribution in [0.4, 0.5) is 5.69 Å². The van der Waals surface area contributed by atoms with Crippen molar-refractivity contribution in [1.29, 1.82) is 0 Å². The highest BCUT2D eigenvalue weighted by Gasteiger charge is 2.69. The molecule has 1 aliphatic carbocycles. The summed E-state index contributed by atoms with van der Waals surface area (Å²) in [6.45, 7) is 5.39. The molecule has 0 radical (unpaired) electrons. The molecule has 0 aromatic heterocycles. The van der Waals surface area contributed by atoms with E-state index in [1.807, 2.05) is 0 Å². The SMILES string of the molecule is CC1(C)[C@@H]2[C@@H](C(=O)N[C@H](C=O)C[C@@H]3CCNC3=O)N(C(=O)CNc3ccc(Cl)cc3)C[C@@H]21. The van der Waals surface area contributed by atoms with Crippen molar-refractivity contribution in [2.45, 2.75) is 38.8 Å². The average Bonchev–Trinajstić information content (AvgIpc) is 3.13. The van der Waals surface area contributed by atoms with E-state index < -0.39 is 12.1 Å². The van der Waals surface area contributed by atoms with Crippen LogP contribution in [0, 0.1) is 23.2 Å². The molecule has 9 heteroatoms. The number of fused-ring (bicyclic) bond motifs is 1. The molecule has 8 nitrogen and oxygen atoms in total. The molecule has 0 spiro atoms. The van der Waals surface area contributed by atoms with Crippen molar-refractivity contribution in [2.24, 2.45) is 23.2 Å². The van der Waals surface area contributed by atoms with Crippen LogP contribution in [-0.4, -0.2) is 60.6 Å². The number of nitrogens with one attached hydrogen (secondary N) is 3. The Hall–Kier alpha value is -2.61. The summed E-state index contributed by atoms with van der Waals surface area (Å²) in [6.07, 6.45) is 1.61. The maximum absolute atomic E-state index is 13.2. The molecular weight excluding hydrogens is 432 g/mol. The fraction of sp³-hybridized carbons (Fsp3) is 0.565. The molecule has 3 fully saturated rings. The lowest BCUT2D eigenvalue weighted by Gasteiger charge is -2.31. The first-order valence-electron chi connectivity index (χ1n) is 11.0. The molecule has 1 aromatic rings. The van der Waals surface area contributed by atoms with E-state index in [0.717, 1.165) is 5.69 Å². The van der Waals surface area contributed by atoms with Crippen molar-refractivity contribution in [3.8, 4) is 0 Å². The summed E-state index contributed by atoms with van der Waals surface area (Å²) >= 11 is 5.90. The van der Waals surface area contributed by atoms with Gasteiger partial charge in [0.15, 0.2) is 0 Å². The molecular formula is C23H29ClN4O4. The third-order valence-corrected chi connectivity index (χ3v) is 7.53. The number of aldehydes is 1. The molecule has 4 rings (SSSR count). The highest BCUT2D eigenvalue weighted by Crippen LogP contribution is 2.64. The molecule has 1 saturated carbocycles. The zero-order valence-electron chi connectivity index (χ0n) is 18.3. The van der Waals surface area contributed by atoms with Crippen LogP contribution in [0.1, 0.15) is 26.7 Å². The lowest BCUT2D eigenvalue weighted by atomic mass is 9.97. The molecule has 5 atom stereocenters. The number of carbonyl (C=O) groups is 4. The molecule has 0 unspecified atom stereocenters. The first kappa shape index (κ1) is 22.6. The quantitative estimate of drug-likeness (QED) is 0.509. The monoisotopic (exact) mass is 460 g/mol. The fourth-order valence-corrected chi connectivity index (χ4v) is 5.41. The Bertz CT molecular complexity index is 919. The number of anilines is 1. The second-order valence-electron chi connectivity index (χ2n) is 9.57. The van der Waals surface area contributed by atoms with Crippen LogP contribution >= 0.6 is 11.6 Å². The Labute approximate surface area is 192 Å². The van der Waals surface area contributed by atoms with Crippen LogP contribution in [0.2, 0.25) is 5.02 Å². The van der Waals surface area contributed by atoms with Crippen molar-refractivity contribution in [1.82, 2.24) is 15.5 Å². The van der Waals surface area contributed by atoms with E-state index >= 15 is 0 Å². The van der Waals surface area contributed by atoms with Gasteiger partial charge in [-0.05, 0) is 54.4 Å². The molecule has 32 heavy (non-hydrogen) atoms. The number of rotatable bonds is 8. The van der Waals surface area contributed by atoms with Gasteiger partial charge in [-0.15, -0.1) is 0 Å². The molecule has 1 aromatic carbocycles. The highest BCUT2D eigenvalue weighted by molar-refractivity contribution is 6.30. The summed E-state index contributed by atoms with van der Waals surface area (Å²) in [5, 5.41) is 9.24. The van der Waals surface area contributed by atoms with Crippen molar-refractivity contribution in [2.75, 3.05) is 25.0 Å². The standard InChI is InChI=1S/C23H29ClN4O4/c1-23(2)17-11-28(18(30)10-26-15-5-3-14(24)4-6-15)20(19(17)23)22(32)27-16(12-29)9-13-7-8-25-21(13)31/h3-6,12-13,16-17,19-20,26H,7-11H2,1-2H3,(H,25,31)(H,27,32)/t13-,16-,17-,19-,20-/m0/s1. The third-order valence-electron chi connectivity index (χ3n) is 7.28. The van der Waals surface area contributed by atoms with Gasteiger partial charge in [-0.2, -0.15) is 0 Å². The number of nitrogens with zero attached hydrogens (tertiary/aromatic N) is 1. The molecule has 3 N–H and O–H groups in total. The largest absolute Gasteiger partial charge is 0.376 e. The topological polar surface area (TPSA) is 108 Å². The predicted molar refractivity (Wildman–Crippen MR) is 120 cm³/mol. The second kappa shape index (κ2) is 8.73. The number of piperidine rings is 1. The Morgan fingerprint density at radius 1 is 1.31 bits per heavy atom. The number of hydrogen-bond acceptors (Lipinski definition) is 5. The minimum atomic E-state index is -0.749. The molecule has 3 aliphatic rings. The van der Waals surface area contributed by atoms with Gasteiger partial charge in [0.25, 0.3) is 0 Å². The van der Waals surface area contributed by atoms with E-state index in [4.69, 9.17) is 11.6 Å². The van der Waals surface area contributed by atoms with Gasteiger partial charge in [-0.25, -0.2) is 0 Å². The lowest BCUT2D eigenvalue weighted by molar-refractivity contribution is -0.139. The van der Waals surface area contributed by atoms with E-state index in [1.54, 1.807) is 29.2 Å². The van der Waals surface area contributed by atoms with Crippen molar-refractivity contribution in [3.05, 3.63) is 29.3 Å². The number of amides is 3. The van der Waals surface area contributed by atoms with E-state index in [2.05, 4.69) is 29.8 Å². The van der Waals surface area contributed by atoms with Crippen LogP contribution in [-0.2, 0) is 19.2 Å². The third kappa shape index (κ3) is 4.33. The van der Waals surface area contributed by atoms with Gasteiger partial charge >= 0.3 is 0 Å². The first-order valence-corrected chi connectivity index (χ1v) is 11.4. The smallest absolute Gasteiger partial charge is 0.243 e. The average molecular weight is 461 g/mol. The maximum atomic E-state index is 13.2. The minimum Gasteiger partial charge on any atom is -0.376 e. The summed E-state index contributed by atoms with van der Waals surface area (Å²) in [5.41, 5.74) is 0.744. The summed E-state index contributed by atoms with van der Waals surface area (Å²) < 4.78 is 0. The summed E-state index contributed by atoms with van der Waals surface area (Å²) in [7, 11) is 0. The van der Waals surface area contributed by atoms with E-state index in [1.165, 1.54) is 0 Å². The van der Waals surface area contributed by atoms with Gasteiger partial charge in [0.2, 0.25) is 17.7 Å². The second-order valence-corrected chi connectivity index (χ2v) is 10.0. The molecule has 2 heterocycles.